The van der Waals surface area contributed by atoms with Crippen LogP contribution in [0.1, 0.15) is 37.7 Å². The number of piperidine rings is 1. The van der Waals surface area contributed by atoms with Crippen LogP contribution in [-0.4, -0.2) is 54.3 Å². The summed E-state index contributed by atoms with van der Waals surface area (Å²) in [4.78, 5) is 40.1. The molecule has 1 heterocycles. The van der Waals surface area contributed by atoms with Crippen molar-refractivity contribution in [3.05, 3.63) is 115 Å². The second-order valence-corrected chi connectivity index (χ2v) is 11.2. The van der Waals surface area contributed by atoms with E-state index in [1.54, 1.807) is 47.5 Å². The molecule has 10 heteroatoms. The Morgan fingerprint density at radius 3 is 2.17 bits per heavy atom. The smallest absolute Gasteiger partial charge is 0.429 e. The maximum Gasteiger partial charge on any atom is 0.429 e. The molecule has 0 saturated carbocycles. The van der Waals surface area contributed by atoms with Crippen LogP contribution >= 0.6 is 0 Å². The van der Waals surface area contributed by atoms with Gasteiger partial charge in [0.2, 0.25) is 11.8 Å². The number of rotatable bonds is 12. The summed E-state index contributed by atoms with van der Waals surface area (Å²) in [6, 6.07) is 33.4. The predicted octanol–water partition coefficient (Wildman–Crippen LogP) is 6.04. The van der Waals surface area contributed by atoms with E-state index in [-0.39, 0.29) is 31.1 Å². The van der Waals surface area contributed by atoms with Crippen LogP contribution in [0.3, 0.4) is 0 Å². The normalized spacial score (nSPS) is 13.0. The fraction of sp³-hybridized carbons (Fsp3) is 0.270. The number of amides is 3. The largest absolute Gasteiger partial charge is 0.508 e. The summed E-state index contributed by atoms with van der Waals surface area (Å²) < 4.78 is 5.75. The number of nitrogens with zero attached hydrogens (tertiary/aromatic N) is 3. The summed E-state index contributed by atoms with van der Waals surface area (Å²) in [5.41, 5.74) is 6.52. The molecule has 4 aromatic carbocycles. The zero-order valence-corrected chi connectivity index (χ0v) is 26.4. The predicted molar refractivity (Wildman–Crippen MR) is 182 cm³/mol. The first kappa shape index (κ1) is 33.2. The molecule has 47 heavy (non-hydrogen) atoms. The lowest BCUT2D eigenvalue weighted by Crippen LogP contribution is -2.50. The number of phenolic OH excluding ortho intramolecular Hbond substituents is 1. The van der Waals surface area contributed by atoms with Gasteiger partial charge in [-0.1, -0.05) is 91.3 Å². The van der Waals surface area contributed by atoms with E-state index in [0.717, 1.165) is 36.0 Å². The zero-order chi connectivity index (χ0) is 32.8. The summed E-state index contributed by atoms with van der Waals surface area (Å²) >= 11 is 0. The van der Waals surface area contributed by atoms with E-state index in [9.17, 15) is 19.5 Å². The molecule has 3 N–H and O–H groups in total. The van der Waals surface area contributed by atoms with E-state index in [2.05, 4.69) is 10.7 Å². The highest BCUT2D eigenvalue weighted by atomic mass is 16.6. The minimum atomic E-state index is -0.561. The summed E-state index contributed by atoms with van der Waals surface area (Å²) in [6.07, 6.45) is 2.43. The van der Waals surface area contributed by atoms with Crippen LogP contribution in [0.5, 0.6) is 5.75 Å². The van der Waals surface area contributed by atoms with Crippen molar-refractivity contribution >= 4 is 29.3 Å². The standard InChI is InChI=1S/C37H41N5O5/c43-34-21-11-8-16-30(34)28-38-24-22-35(44)39-41(31-17-6-2-7-18-31)36(45)23-27-47-37(46)42(40-25-12-3-13-26-40)33-20-10-9-19-32(33)29-14-4-1-5-15-29/h1-2,4-11,14-21,38,43H,3,12-13,22-28H2,(H,39,44). The number of hydrazine groups is 2. The summed E-state index contributed by atoms with van der Waals surface area (Å²) in [5.74, 6) is -0.600. The number of aromatic hydroxyl groups is 1. The first-order chi connectivity index (χ1) is 23.0. The maximum absolute atomic E-state index is 13.7. The number of nitrogens with one attached hydrogen (secondary N) is 2. The van der Waals surface area contributed by atoms with E-state index in [0.29, 0.717) is 37.6 Å². The Balaban J connectivity index is 1.22. The lowest BCUT2D eigenvalue weighted by atomic mass is 10.0. The highest BCUT2D eigenvalue weighted by molar-refractivity contribution is 5.97. The fourth-order valence-electron chi connectivity index (χ4n) is 5.48. The van der Waals surface area contributed by atoms with Gasteiger partial charge in [0.25, 0.3) is 0 Å². The van der Waals surface area contributed by atoms with Gasteiger partial charge in [-0.3, -0.25) is 15.0 Å². The van der Waals surface area contributed by atoms with Crippen LogP contribution in [0.25, 0.3) is 11.1 Å². The number of carbonyl (C=O) groups is 3. The molecular weight excluding hydrogens is 594 g/mol. The van der Waals surface area contributed by atoms with Crippen molar-refractivity contribution in [1.82, 2.24) is 15.8 Å². The molecule has 0 atom stereocenters. The number of hydrogen-bond donors (Lipinski definition) is 3. The molecule has 3 amide bonds. The first-order valence-electron chi connectivity index (χ1n) is 16.0. The van der Waals surface area contributed by atoms with E-state index in [4.69, 9.17) is 4.74 Å². The Morgan fingerprint density at radius 2 is 1.43 bits per heavy atom. The molecule has 0 spiro atoms. The molecule has 0 aliphatic carbocycles. The number of hydrogen-bond acceptors (Lipinski definition) is 7. The van der Waals surface area contributed by atoms with Crippen molar-refractivity contribution in [1.29, 1.82) is 0 Å². The average Bonchev–Trinajstić information content (AvgIpc) is 3.11. The zero-order valence-electron chi connectivity index (χ0n) is 26.4. The van der Waals surface area contributed by atoms with Gasteiger partial charge >= 0.3 is 6.09 Å². The minimum absolute atomic E-state index is 0.102. The molecule has 244 valence electrons. The molecule has 4 aromatic rings. The van der Waals surface area contributed by atoms with Crippen molar-refractivity contribution in [2.45, 2.75) is 38.6 Å². The SMILES string of the molecule is O=C(CCNCc1ccccc1O)NN(C(=O)CCOC(=O)N(c1ccccc1-c1ccccc1)N1CCCCC1)c1ccccc1. The van der Waals surface area contributed by atoms with Crippen molar-refractivity contribution in [3.8, 4) is 16.9 Å². The second-order valence-electron chi connectivity index (χ2n) is 11.2. The van der Waals surface area contributed by atoms with Crippen LogP contribution in [0.15, 0.2) is 109 Å². The summed E-state index contributed by atoms with van der Waals surface area (Å²) in [5, 5.41) is 17.9. The van der Waals surface area contributed by atoms with Gasteiger partial charge in [-0.15, -0.1) is 0 Å². The molecule has 5 rings (SSSR count). The van der Waals surface area contributed by atoms with Gasteiger partial charge in [0, 0.05) is 43.7 Å². The van der Waals surface area contributed by atoms with Crippen LogP contribution in [0.2, 0.25) is 0 Å². The van der Waals surface area contributed by atoms with Gasteiger partial charge in [0.05, 0.1) is 17.8 Å². The Kier molecular flexibility index (Phi) is 12.0. The highest BCUT2D eigenvalue weighted by Crippen LogP contribution is 2.33. The molecule has 1 aliphatic rings. The third-order valence-electron chi connectivity index (χ3n) is 7.88. The monoisotopic (exact) mass is 635 g/mol. The lowest BCUT2D eigenvalue weighted by molar-refractivity contribution is -0.126. The fourth-order valence-corrected chi connectivity index (χ4v) is 5.48. The molecule has 1 aliphatic heterocycles. The molecule has 10 nitrogen and oxygen atoms in total. The summed E-state index contributed by atoms with van der Waals surface area (Å²) in [7, 11) is 0. The molecule has 0 bridgehead atoms. The highest BCUT2D eigenvalue weighted by Gasteiger charge is 2.29. The second kappa shape index (κ2) is 16.9. The number of benzene rings is 4. The Hall–Kier alpha value is -5.19. The number of ether oxygens (including phenoxy) is 1. The molecular formula is C37H41N5O5. The average molecular weight is 636 g/mol. The van der Waals surface area contributed by atoms with Gasteiger partial charge < -0.3 is 15.2 Å². The summed E-state index contributed by atoms with van der Waals surface area (Å²) in [6.45, 7) is 2.00. The molecule has 1 fully saturated rings. The number of para-hydroxylation sites is 3. The van der Waals surface area contributed by atoms with Gasteiger partial charge in [-0.25, -0.2) is 19.8 Å². The molecule has 0 aromatic heterocycles. The number of anilines is 2. The molecule has 1 saturated heterocycles. The van der Waals surface area contributed by atoms with Crippen molar-refractivity contribution in [2.24, 2.45) is 0 Å². The Bertz CT molecular complexity index is 1610. The Morgan fingerprint density at radius 1 is 0.766 bits per heavy atom. The van der Waals surface area contributed by atoms with Gasteiger partial charge in [-0.05, 0) is 42.7 Å². The van der Waals surface area contributed by atoms with Crippen molar-refractivity contribution < 1.29 is 24.2 Å². The molecule has 0 unspecified atom stereocenters. The first-order valence-corrected chi connectivity index (χ1v) is 16.0. The van der Waals surface area contributed by atoms with E-state index < -0.39 is 12.0 Å². The van der Waals surface area contributed by atoms with Crippen molar-refractivity contribution in [3.63, 3.8) is 0 Å². The van der Waals surface area contributed by atoms with Crippen LogP contribution in [0, 0.1) is 0 Å². The van der Waals surface area contributed by atoms with E-state index in [1.165, 1.54) is 5.01 Å². The quantitative estimate of drug-likeness (QED) is 0.129. The van der Waals surface area contributed by atoms with Crippen molar-refractivity contribution in [2.75, 3.05) is 36.3 Å². The number of phenols is 1. The lowest BCUT2D eigenvalue weighted by Gasteiger charge is -2.37. The topological polar surface area (TPSA) is 114 Å². The van der Waals surface area contributed by atoms with Crippen LogP contribution in [-0.2, 0) is 20.9 Å². The van der Waals surface area contributed by atoms with Gasteiger partial charge in [0.1, 0.15) is 12.4 Å². The van der Waals surface area contributed by atoms with E-state index in [1.807, 2.05) is 71.7 Å². The van der Waals surface area contributed by atoms with E-state index >= 15 is 0 Å². The third kappa shape index (κ3) is 9.18. The van der Waals surface area contributed by atoms with Gasteiger partial charge in [-0.2, -0.15) is 0 Å². The Labute approximate surface area is 275 Å². The van der Waals surface area contributed by atoms with Gasteiger partial charge in [0.15, 0.2) is 0 Å². The van der Waals surface area contributed by atoms with Crippen LogP contribution < -0.4 is 20.8 Å². The minimum Gasteiger partial charge on any atom is -0.508 e. The maximum atomic E-state index is 13.7. The third-order valence-corrected chi connectivity index (χ3v) is 7.88. The number of carbonyl (C=O) groups excluding carboxylic acids is 3. The molecule has 0 radical (unpaired) electrons. The van der Waals surface area contributed by atoms with Crippen LogP contribution in [0.4, 0.5) is 16.2 Å².